The van der Waals surface area contributed by atoms with E-state index < -0.39 is 0 Å². The summed E-state index contributed by atoms with van der Waals surface area (Å²) in [6, 6.07) is 7.34. The van der Waals surface area contributed by atoms with Crippen LogP contribution in [0.1, 0.15) is 21.7 Å². The van der Waals surface area contributed by atoms with Gasteiger partial charge in [-0.2, -0.15) is 5.10 Å². The first-order chi connectivity index (χ1) is 8.50. The first-order valence-electron chi connectivity index (χ1n) is 5.56. The minimum atomic E-state index is -0.137. The van der Waals surface area contributed by atoms with E-state index >= 15 is 0 Å². The number of aromatic nitrogens is 2. The molecule has 0 aliphatic carbocycles. The molecule has 94 valence electrons. The molecule has 0 fully saturated rings. The van der Waals surface area contributed by atoms with Crippen LogP contribution in [0.25, 0.3) is 0 Å². The topological polar surface area (TPSA) is 46.9 Å². The van der Waals surface area contributed by atoms with E-state index in [9.17, 15) is 4.79 Å². The summed E-state index contributed by atoms with van der Waals surface area (Å²) >= 11 is 3.37. The average molecular weight is 308 g/mol. The highest BCUT2D eigenvalue weighted by Crippen LogP contribution is 2.21. The smallest absolute Gasteiger partial charge is 0.256 e. The van der Waals surface area contributed by atoms with Gasteiger partial charge in [0.2, 0.25) is 0 Å². The quantitative estimate of drug-likeness (QED) is 0.927. The zero-order chi connectivity index (χ0) is 13.3. The van der Waals surface area contributed by atoms with Crippen molar-refractivity contribution < 1.29 is 4.79 Å². The molecule has 1 amide bonds. The highest BCUT2D eigenvalue weighted by atomic mass is 79.9. The van der Waals surface area contributed by atoms with Crippen molar-refractivity contribution in [3.05, 3.63) is 45.7 Å². The highest BCUT2D eigenvalue weighted by Gasteiger charge is 2.15. The van der Waals surface area contributed by atoms with Gasteiger partial charge in [-0.3, -0.25) is 9.48 Å². The Hall–Kier alpha value is -1.62. The van der Waals surface area contributed by atoms with E-state index in [1.54, 1.807) is 10.7 Å². The molecule has 18 heavy (non-hydrogen) atoms. The Labute approximate surface area is 114 Å². The molecule has 1 N–H and O–H groups in total. The molecule has 0 spiro atoms. The fraction of sp³-hybridized carbons (Fsp3) is 0.231. The van der Waals surface area contributed by atoms with Crippen LogP contribution >= 0.6 is 15.9 Å². The van der Waals surface area contributed by atoms with Crippen LogP contribution < -0.4 is 5.32 Å². The summed E-state index contributed by atoms with van der Waals surface area (Å²) in [7, 11) is 1.86. The average Bonchev–Trinajstić information content (AvgIpc) is 2.56. The summed E-state index contributed by atoms with van der Waals surface area (Å²) in [5, 5.41) is 7.17. The van der Waals surface area contributed by atoms with Crippen LogP contribution in [0.3, 0.4) is 0 Å². The summed E-state index contributed by atoms with van der Waals surface area (Å²) in [6.07, 6.45) is 0. The van der Waals surface area contributed by atoms with Gasteiger partial charge >= 0.3 is 0 Å². The van der Waals surface area contributed by atoms with Crippen LogP contribution in [0.4, 0.5) is 5.69 Å². The first-order valence-corrected chi connectivity index (χ1v) is 6.36. The zero-order valence-corrected chi connectivity index (χ0v) is 12.1. The molecule has 2 aromatic rings. The Balaban J connectivity index is 2.30. The van der Waals surface area contributed by atoms with Crippen LogP contribution in [0.2, 0.25) is 0 Å². The zero-order valence-electron chi connectivity index (χ0n) is 10.5. The number of nitrogens with zero attached hydrogens (tertiary/aromatic N) is 2. The monoisotopic (exact) mass is 307 g/mol. The number of amides is 1. The largest absolute Gasteiger partial charge is 0.319 e. The van der Waals surface area contributed by atoms with Gasteiger partial charge in [-0.15, -0.1) is 0 Å². The molecular formula is C13H14BrN3O. The van der Waals surface area contributed by atoms with Crippen LogP contribution in [0.15, 0.2) is 28.7 Å². The molecule has 0 saturated heterocycles. The van der Waals surface area contributed by atoms with Crippen molar-refractivity contribution in [1.29, 1.82) is 0 Å². The second kappa shape index (κ2) is 4.94. The number of nitrogens with one attached hydrogen (secondary N) is 1. The summed E-state index contributed by atoms with van der Waals surface area (Å²) in [5.41, 5.74) is 3.14. The van der Waals surface area contributed by atoms with Gasteiger partial charge in [-0.1, -0.05) is 12.1 Å². The van der Waals surface area contributed by atoms with Crippen molar-refractivity contribution in [3.8, 4) is 0 Å². The Kier molecular flexibility index (Phi) is 3.52. The molecule has 0 unspecified atom stereocenters. The van der Waals surface area contributed by atoms with Gasteiger partial charge in [-0.05, 0) is 41.9 Å². The van der Waals surface area contributed by atoms with E-state index in [1.165, 1.54) is 0 Å². The number of rotatable bonds is 2. The minimum absolute atomic E-state index is 0.137. The third-order valence-corrected chi connectivity index (χ3v) is 3.56. The van der Waals surface area contributed by atoms with Gasteiger partial charge in [0, 0.05) is 11.5 Å². The Morgan fingerprint density at radius 1 is 1.33 bits per heavy atom. The maximum Gasteiger partial charge on any atom is 0.256 e. The standard InChI is InChI=1S/C13H14BrN3O/c1-8-12(9(2)17(3)16-8)15-13(18)10-6-4-5-7-11(10)14/h4-7H,1-3H3,(H,15,18). The van der Waals surface area contributed by atoms with Gasteiger partial charge in [0.1, 0.15) is 0 Å². The van der Waals surface area contributed by atoms with Gasteiger partial charge < -0.3 is 5.32 Å². The van der Waals surface area contributed by atoms with E-state index in [0.717, 1.165) is 21.5 Å². The fourth-order valence-electron chi connectivity index (χ4n) is 1.78. The molecule has 1 heterocycles. The van der Waals surface area contributed by atoms with E-state index in [1.807, 2.05) is 39.1 Å². The normalized spacial score (nSPS) is 10.4. The number of aryl methyl sites for hydroxylation is 2. The number of hydrogen-bond donors (Lipinski definition) is 1. The number of hydrogen-bond acceptors (Lipinski definition) is 2. The molecule has 5 heteroatoms. The summed E-state index contributed by atoms with van der Waals surface area (Å²) in [5.74, 6) is -0.137. The molecule has 0 saturated carbocycles. The van der Waals surface area contributed by atoms with Crippen LogP contribution in [0, 0.1) is 13.8 Å². The van der Waals surface area contributed by atoms with Gasteiger partial charge in [0.15, 0.2) is 0 Å². The number of benzene rings is 1. The number of halogens is 1. The Bertz CT molecular complexity index is 604. The second-order valence-corrected chi connectivity index (χ2v) is 4.96. The lowest BCUT2D eigenvalue weighted by molar-refractivity contribution is 0.102. The van der Waals surface area contributed by atoms with E-state index in [-0.39, 0.29) is 5.91 Å². The van der Waals surface area contributed by atoms with Gasteiger partial charge in [0.25, 0.3) is 5.91 Å². The van der Waals surface area contributed by atoms with Crippen molar-refractivity contribution >= 4 is 27.5 Å². The third kappa shape index (κ3) is 2.31. The molecule has 0 radical (unpaired) electrons. The van der Waals surface area contributed by atoms with E-state index in [2.05, 4.69) is 26.3 Å². The minimum Gasteiger partial charge on any atom is -0.319 e. The molecule has 2 rings (SSSR count). The molecule has 1 aromatic carbocycles. The fourth-order valence-corrected chi connectivity index (χ4v) is 2.25. The van der Waals surface area contributed by atoms with Crippen molar-refractivity contribution in [3.63, 3.8) is 0 Å². The van der Waals surface area contributed by atoms with Gasteiger partial charge in [-0.25, -0.2) is 0 Å². The first kappa shape index (κ1) is 12.8. The van der Waals surface area contributed by atoms with Crippen molar-refractivity contribution in [1.82, 2.24) is 9.78 Å². The maximum atomic E-state index is 12.2. The number of anilines is 1. The summed E-state index contributed by atoms with van der Waals surface area (Å²) in [6.45, 7) is 3.80. The molecule has 4 nitrogen and oxygen atoms in total. The maximum absolute atomic E-state index is 12.2. The summed E-state index contributed by atoms with van der Waals surface area (Å²) < 4.78 is 2.53. The Morgan fingerprint density at radius 2 is 2.00 bits per heavy atom. The molecule has 0 aliphatic rings. The number of carbonyl (C=O) groups excluding carboxylic acids is 1. The lowest BCUT2D eigenvalue weighted by Crippen LogP contribution is -2.13. The lowest BCUT2D eigenvalue weighted by Gasteiger charge is -2.07. The van der Waals surface area contributed by atoms with E-state index in [0.29, 0.717) is 5.56 Å². The SMILES string of the molecule is Cc1nn(C)c(C)c1NC(=O)c1ccccc1Br. The Morgan fingerprint density at radius 3 is 2.56 bits per heavy atom. The van der Waals surface area contributed by atoms with Crippen molar-refractivity contribution in [2.45, 2.75) is 13.8 Å². The lowest BCUT2D eigenvalue weighted by atomic mass is 10.2. The molecule has 0 aliphatic heterocycles. The van der Waals surface area contributed by atoms with Crippen LogP contribution in [0.5, 0.6) is 0 Å². The highest BCUT2D eigenvalue weighted by molar-refractivity contribution is 9.10. The molecule has 1 aromatic heterocycles. The molecule has 0 atom stereocenters. The summed E-state index contributed by atoms with van der Waals surface area (Å²) in [4.78, 5) is 12.2. The number of carbonyl (C=O) groups is 1. The van der Waals surface area contributed by atoms with Crippen LogP contribution in [-0.2, 0) is 7.05 Å². The van der Waals surface area contributed by atoms with Crippen LogP contribution in [-0.4, -0.2) is 15.7 Å². The third-order valence-electron chi connectivity index (χ3n) is 2.87. The predicted molar refractivity (Wildman–Crippen MR) is 74.8 cm³/mol. The second-order valence-electron chi connectivity index (χ2n) is 4.10. The molecular weight excluding hydrogens is 294 g/mol. The predicted octanol–water partition coefficient (Wildman–Crippen LogP) is 3.05. The van der Waals surface area contributed by atoms with Crippen molar-refractivity contribution in [2.24, 2.45) is 7.05 Å². The van der Waals surface area contributed by atoms with Crippen molar-refractivity contribution in [2.75, 3.05) is 5.32 Å². The molecule has 0 bridgehead atoms. The van der Waals surface area contributed by atoms with E-state index in [4.69, 9.17) is 0 Å². The van der Waals surface area contributed by atoms with Gasteiger partial charge in [0.05, 0.1) is 22.6 Å².